The first-order valence-corrected chi connectivity index (χ1v) is 10.3. The highest BCUT2D eigenvalue weighted by Gasteiger charge is 2.25. The van der Waals surface area contributed by atoms with Crippen molar-refractivity contribution in [3.8, 4) is 11.5 Å². The van der Waals surface area contributed by atoms with Gasteiger partial charge in [0.2, 0.25) is 10.0 Å². The summed E-state index contributed by atoms with van der Waals surface area (Å²) in [6, 6.07) is 14.3. The Morgan fingerprint density at radius 3 is 2.70 bits per heavy atom. The molecule has 0 aliphatic carbocycles. The molecule has 0 radical (unpaired) electrons. The van der Waals surface area contributed by atoms with Crippen LogP contribution in [0.4, 0.5) is 0 Å². The Labute approximate surface area is 159 Å². The summed E-state index contributed by atoms with van der Waals surface area (Å²) in [6.45, 7) is 0.212. The molecule has 8 nitrogen and oxygen atoms in total. The van der Waals surface area contributed by atoms with E-state index >= 15 is 0 Å². The van der Waals surface area contributed by atoms with E-state index in [0.29, 0.717) is 29.2 Å². The van der Waals surface area contributed by atoms with Crippen molar-refractivity contribution in [3.63, 3.8) is 0 Å². The maximum absolute atomic E-state index is 12.9. The Hall–Kier alpha value is -2.69. The van der Waals surface area contributed by atoms with Crippen molar-refractivity contribution in [1.29, 1.82) is 0 Å². The molecule has 0 saturated heterocycles. The molecule has 0 spiro atoms. The van der Waals surface area contributed by atoms with Crippen LogP contribution in [0.15, 0.2) is 57.9 Å². The summed E-state index contributed by atoms with van der Waals surface area (Å²) in [6.07, 6.45) is 0.331. The highest BCUT2D eigenvalue weighted by molar-refractivity contribution is 7.89. The van der Waals surface area contributed by atoms with E-state index in [9.17, 15) is 8.42 Å². The number of rotatable bonds is 6. The van der Waals surface area contributed by atoms with Crippen LogP contribution in [0.25, 0.3) is 22.5 Å². The zero-order chi connectivity index (χ0) is 18.9. The quantitative estimate of drug-likeness (QED) is 0.489. The monoisotopic (exact) mass is 401 g/mol. The number of nitrogens with zero attached hydrogens (tertiary/aromatic N) is 5. The van der Waals surface area contributed by atoms with Crippen LogP contribution >= 0.6 is 11.7 Å². The Balaban J connectivity index is 1.50. The topological polar surface area (TPSA) is 102 Å². The normalized spacial score (nSPS) is 12.1. The smallest absolute Gasteiger partial charge is 0.257 e. The van der Waals surface area contributed by atoms with Gasteiger partial charge in [-0.25, -0.2) is 12.7 Å². The van der Waals surface area contributed by atoms with Gasteiger partial charge < -0.3 is 4.52 Å². The molecule has 0 saturated carbocycles. The Kier molecular flexibility index (Phi) is 4.68. The fourth-order valence-electron chi connectivity index (χ4n) is 2.59. The SMILES string of the molecule is CN(CCc1noc(-c2ccccc2)n1)S(=O)(=O)c1cccc2nsnc12. The van der Waals surface area contributed by atoms with Crippen molar-refractivity contribution in [3.05, 3.63) is 54.4 Å². The molecule has 2 aromatic heterocycles. The maximum atomic E-state index is 12.9. The van der Waals surface area contributed by atoms with Gasteiger partial charge in [0.25, 0.3) is 5.89 Å². The second-order valence-electron chi connectivity index (χ2n) is 5.85. The van der Waals surface area contributed by atoms with Gasteiger partial charge in [-0.1, -0.05) is 29.4 Å². The highest BCUT2D eigenvalue weighted by Crippen LogP contribution is 2.24. The van der Waals surface area contributed by atoms with Crippen LogP contribution in [0, 0.1) is 0 Å². The van der Waals surface area contributed by atoms with Crippen LogP contribution in [0.1, 0.15) is 5.82 Å². The molecule has 0 atom stereocenters. The summed E-state index contributed by atoms with van der Waals surface area (Å²) >= 11 is 0.990. The van der Waals surface area contributed by atoms with E-state index in [1.54, 1.807) is 12.1 Å². The van der Waals surface area contributed by atoms with Crippen LogP contribution in [0.5, 0.6) is 0 Å². The third-order valence-electron chi connectivity index (χ3n) is 4.08. The predicted molar refractivity (Wildman–Crippen MR) is 101 cm³/mol. The highest BCUT2D eigenvalue weighted by atomic mass is 32.2. The average Bonchev–Trinajstić information content (AvgIpc) is 3.35. The summed E-state index contributed by atoms with van der Waals surface area (Å²) in [4.78, 5) is 4.48. The van der Waals surface area contributed by atoms with Crippen LogP contribution in [-0.2, 0) is 16.4 Å². The lowest BCUT2D eigenvalue weighted by atomic mass is 10.2. The molecule has 2 aromatic carbocycles. The molecule has 0 aliphatic rings. The van der Waals surface area contributed by atoms with E-state index in [-0.39, 0.29) is 11.4 Å². The second-order valence-corrected chi connectivity index (χ2v) is 8.39. The molecule has 27 heavy (non-hydrogen) atoms. The molecule has 0 unspecified atom stereocenters. The Morgan fingerprint density at radius 2 is 1.89 bits per heavy atom. The van der Waals surface area contributed by atoms with Gasteiger partial charge in [0.1, 0.15) is 15.9 Å². The average molecular weight is 401 g/mol. The third-order valence-corrected chi connectivity index (χ3v) is 6.51. The number of fused-ring (bicyclic) bond motifs is 1. The molecule has 4 rings (SSSR count). The van der Waals surface area contributed by atoms with Gasteiger partial charge >= 0.3 is 0 Å². The summed E-state index contributed by atoms with van der Waals surface area (Å²) in [5, 5.41) is 3.93. The first-order valence-electron chi connectivity index (χ1n) is 8.11. The van der Waals surface area contributed by atoms with E-state index in [1.165, 1.54) is 17.4 Å². The zero-order valence-corrected chi connectivity index (χ0v) is 15.9. The van der Waals surface area contributed by atoms with Crippen molar-refractivity contribution in [1.82, 2.24) is 23.2 Å². The summed E-state index contributed by atoms with van der Waals surface area (Å²) in [5.74, 6) is 0.860. The second kappa shape index (κ2) is 7.14. The van der Waals surface area contributed by atoms with Crippen LogP contribution in [0.2, 0.25) is 0 Å². The minimum atomic E-state index is -3.70. The van der Waals surface area contributed by atoms with Crippen LogP contribution in [0.3, 0.4) is 0 Å². The summed E-state index contributed by atoms with van der Waals surface area (Å²) in [7, 11) is -2.18. The summed E-state index contributed by atoms with van der Waals surface area (Å²) in [5.41, 5.74) is 1.78. The molecular formula is C17H15N5O3S2. The lowest BCUT2D eigenvalue weighted by Crippen LogP contribution is -2.29. The van der Waals surface area contributed by atoms with E-state index in [4.69, 9.17) is 4.52 Å². The first-order chi connectivity index (χ1) is 13.1. The van der Waals surface area contributed by atoms with Crippen LogP contribution in [-0.4, -0.2) is 45.2 Å². The molecule has 10 heteroatoms. The third kappa shape index (κ3) is 3.46. The van der Waals surface area contributed by atoms with Crippen molar-refractivity contribution >= 4 is 32.8 Å². The van der Waals surface area contributed by atoms with Crippen molar-refractivity contribution in [2.75, 3.05) is 13.6 Å². The number of aromatic nitrogens is 4. The molecule has 0 aliphatic heterocycles. The lowest BCUT2D eigenvalue weighted by molar-refractivity contribution is 0.415. The van der Waals surface area contributed by atoms with Gasteiger partial charge in [-0.15, -0.1) is 0 Å². The lowest BCUT2D eigenvalue weighted by Gasteiger charge is -2.16. The number of benzene rings is 2. The zero-order valence-electron chi connectivity index (χ0n) is 14.3. The standard InChI is InChI=1S/C17H15N5O3S2/c1-22(27(23,24)14-9-5-8-13-16(14)21-26-20-13)11-10-15-18-17(25-19-15)12-6-3-2-4-7-12/h2-9H,10-11H2,1H3. The maximum Gasteiger partial charge on any atom is 0.257 e. The van der Waals surface area contributed by atoms with Gasteiger partial charge in [0, 0.05) is 25.6 Å². The Bertz CT molecular complexity index is 1170. The van der Waals surface area contributed by atoms with E-state index < -0.39 is 10.0 Å². The van der Waals surface area contributed by atoms with Gasteiger partial charge in [-0.05, 0) is 24.3 Å². The molecule has 2 heterocycles. The summed E-state index contributed by atoms with van der Waals surface area (Å²) < 4.78 is 40.5. The van der Waals surface area contributed by atoms with Gasteiger partial charge in [0.05, 0.1) is 11.7 Å². The molecule has 138 valence electrons. The van der Waals surface area contributed by atoms with E-state index in [1.807, 2.05) is 30.3 Å². The largest absolute Gasteiger partial charge is 0.334 e. The number of hydrogen-bond acceptors (Lipinski definition) is 8. The minimum absolute atomic E-state index is 0.148. The number of hydrogen-bond donors (Lipinski definition) is 0. The molecular weight excluding hydrogens is 386 g/mol. The van der Waals surface area contributed by atoms with Gasteiger partial charge in [0.15, 0.2) is 5.82 Å². The van der Waals surface area contributed by atoms with E-state index in [2.05, 4.69) is 18.9 Å². The Morgan fingerprint density at radius 1 is 1.07 bits per heavy atom. The molecule has 4 aromatic rings. The number of likely N-dealkylation sites (N-methyl/N-ethyl adjacent to an activating group) is 1. The minimum Gasteiger partial charge on any atom is -0.334 e. The number of sulfonamides is 1. The van der Waals surface area contributed by atoms with Gasteiger partial charge in [-0.2, -0.15) is 13.7 Å². The van der Waals surface area contributed by atoms with Crippen molar-refractivity contribution in [2.24, 2.45) is 0 Å². The molecule has 0 fully saturated rings. The van der Waals surface area contributed by atoms with E-state index in [0.717, 1.165) is 17.3 Å². The first kappa shape index (κ1) is 17.7. The molecule has 0 N–H and O–H groups in total. The molecule has 0 bridgehead atoms. The predicted octanol–water partition coefficient (Wildman–Crippen LogP) is 2.60. The van der Waals surface area contributed by atoms with Crippen molar-refractivity contribution in [2.45, 2.75) is 11.3 Å². The fraction of sp³-hybridized carbons (Fsp3) is 0.176. The molecule has 0 amide bonds. The fourth-order valence-corrected chi connectivity index (χ4v) is 4.51. The van der Waals surface area contributed by atoms with Gasteiger partial charge in [-0.3, -0.25) is 0 Å². The van der Waals surface area contributed by atoms with Crippen molar-refractivity contribution < 1.29 is 12.9 Å². The van der Waals surface area contributed by atoms with Crippen LogP contribution < -0.4 is 0 Å².